The molecule has 2 aliphatic rings. The van der Waals surface area contributed by atoms with Gasteiger partial charge in [-0.25, -0.2) is 0 Å². The lowest BCUT2D eigenvalue weighted by molar-refractivity contribution is -0.123. The summed E-state index contributed by atoms with van der Waals surface area (Å²) in [5.41, 5.74) is -0.0328. The summed E-state index contributed by atoms with van der Waals surface area (Å²) >= 11 is 0. The molecule has 2 aliphatic carbocycles. The molecule has 1 saturated carbocycles. The smallest absolute Gasteiger partial charge is 0.161 e. The molecule has 13 heavy (non-hydrogen) atoms. The summed E-state index contributed by atoms with van der Waals surface area (Å²) in [6, 6.07) is 0. The Morgan fingerprint density at radius 1 is 1.54 bits per heavy atom. The van der Waals surface area contributed by atoms with Crippen LogP contribution in [0.4, 0.5) is 0 Å². The lowest BCUT2D eigenvalue weighted by atomic mass is 9.76. The van der Waals surface area contributed by atoms with Crippen molar-refractivity contribution in [1.82, 2.24) is 0 Å². The second-order valence-corrected chi connectivity index (χ2v) is 5.11. The Bertz CT molecular complexity index is 264. The first-order valence-electron chi connectivity index (χ1n) is 5.28. The van der Waals surface area contributed by atoms with E-state index >= 15 is 0 Å². The molecule has 1 fully saturated rings. The van der Waals surface area contributed by atoms with Crippen LogP contribution in [-0.2, 0) is 4.79 Å². The van der Waals surface area contributed by atoms with Crippen molar-refractivity contribution >= 4 is 5.78 Å². The largest absolute Gasteiger partial charge is 0.294 e. The number of carbonyl (C=O) groups excluding carboxylic acids is 1. The van der Waals surface area contributed by atoms with E-state index in [1.165, 1.54) is 6.42 Å². The molecule has 0 aromatic carbocycles. The van der Waals surface area contributed by atoms with Crippen LogP contribution < -0.4 is 0 Å². The Morgan fingerprint density at radius 3 is 2.85 bits per heavy atom. The van der Waals surface area contributed by atoms with Gasteiger partial charge < -0.3 is 0 Å². The molecule has 0 aromatic heterocycles. The van der Waals surface area contributed by atoms with Crippen molar-refractivity contribution in [1.29, 1.82) is 0 Å². The van der Waals surface area contributed by atoms with Gasteiger partial charge in [0.15, 0.2) is 5.78 Å². The number of ketones is 1. The van der Waals surface area contributed by atoms with Crippen LogP contribution in [-0.4, -0.2) is 5.78 Å². The molecule has 0 aliphatic heterocycles. The SMILES string of the molecule is CC(C)C1CCC2(C)C(=O)C=CC12. The Hall–Kier alpha value is -0.590. The molecular weight excluding hydrogens is 160 g/mol. The maximum atomic E-state index is 11.7. The van der Waals surface area contributed by atoms with Gasteiger partial charge in [0.25, 0.3) is 0 Å². The number of hydrogen-bond acceptors (Lipinski definition) is 1. The van der Waals surface area contributed by atoms with Gasteiger partial charge in [0.2, 0.25) is 0 Å². The van der Waals surface area contributed by atoms with E-state index in [4.69, 9.17) is 0 Å². The molecule has 0 saturated heterocycles. The van der Waals surface area contributed by atoms with Gasteiger partial charge >= 0.3 is 0 Å². The quantitative estimate of drug-likeness (QED) is 0.603. The van der Waals surface area contributed by atoms with Crippen molar-refractivity contribution in [3.05, 3.63) is 12.2 Å². The minimum absolute atomic E-state index is 0.0328. The molecule has 3 atom stereocenters. The number of fused-ring (bicyclic) bond motifs is 1. The van der Waals surface area contributed by atoms with Crippen molar-refractivity contribution in [2.45, 2.75) is 33.6 Å². The second kappa shape index (κ2) is 2.70. The molecule has 0 radical (unpaired) electrons. The minimum atomic E-state index is -0.0328. The lowest BCUT2D eigenvalue weighted by Gasteiger charge is -2.26. The number of allylic oxidation sites excluding steroid dienone is 2. The second-order valence-electron chi connectivity index (χ2n) is 5.11. The zero-order valence-corrected chi connectivity index (χ0v) is 8.71. The zero-order valence-electron chi connectivity index (χ0n) is 8.71. The molecule has 0 amide bonds. The molecule has 1 heteroatoms. The van der Waals surface area contributed by atoms with E-state index in [1.807, 2.05) is 0 Å². The minimum Gasteiger partial charge on any atom is -0.294 e. The van der Waals surface area contributed by atoms with Crippen molar-refractivity contribution in [2.75, 3.05) is 0 Å². The summed E-state index contributed by atoms with van der Waals surface area (Å²) in [5.74, 6) is 2.33. The molecule has 1 nitrogen and oxygen atoms in total. The van der Waals surface area contributed by atoms with Crippen molar-refractivity contribution in [3.63, 3.8) is 0 Å². The first-order chi connectivity index (χ1) is 6.05. The molecule has 2 rings (SSSR count). The highest BCUT2D eigenvalue weighted by Gasteiger charge is 2.51. The molecule has 72 valence electrons. The Balaban J connectivity index is 2.27. The standard InChI is InChI=1S/C12H18O/c1-8(2)9-6-7-12(3)10(9)4-5-11(12)13/h4-5,8-10H,6-7H2,1-3H3. The van der Waals surface area contributed by atoms with E-state index in [9.17, 15) is 4.79 Å². The molecule has 0 bridgehead atoms. The first-order valence-corrected chi connectivity index (χ1v) is 5.28. The highest BCUT2D eigenvalue weighted by molar-refractivity contribution is 5.97. The average Bonchev–Trinajstić information content (AvgIpc) is 2.51. The predicted octanol–water partition coefficient (Wildman–Crippen LogP) is 2.81. The van der Waals surface area contributed by atoms with Crippen LogP contribution in [0.25, 0.3) is 0 Å². The summed E-state index contributed by atoms with van der Waals surface area (Å²) in [4.78, 5) is 11.7. The fourth-order valence-corrected chi connectivity index (χ4v) is 3.06. The van der Waals surface area contributed by atoms with Crippen molar-refractivity contribution in [3.8, 4) is 0 Å². The third-order valence-electron chi connectivity index (χ3n) is 4.07. The Labute approximate surface area is 80.2 Å². The Kier molecular flexibility index (Phi) is 1.86. The van der Waals surface area contributed by atoms with Gasteiger partial charge in [0, 0.05) is 5.41 Å². The molecular formula is C12H18O. The van der Waals surface area contributed by atoms with Gasteiger partial charge in [-0.05, 0) is 36.7 Å². The van der Waals surface area contributed by atoms with Gasteiger partial charge in [0.05, 0.1) is 0 Å². The maximum absolute atomic E-state index is 11.7. The van der Waals surface area contributed by atoms with Gasteiger partial charge in [-0.1, -0.05) is 26.8 Å². The normalized spacial score (nSPS) is 43.2. The summed E-state index contributed by atoms with van der Waals surface area (Å²) in [7, 11) is 0. The van der Waals surface area contributed by atoms with Crippen LogP contribution in [0.2, 0.25) is 0 Å². The lowest BCUT2D eigenvalue weighted by Crippen LogP contribution is -2.28. The van der Waals surface area contributed by atoms with Gasteiger partial charge in [-0.2, -0.15) is 0 Å². The highest BCUT2D eigenvalue weighted by Crippen LogP contribution is 2.53. The van der Waals surface area contributed by atoms with E-state index in [1.54, 1.807) is 6.08 Å². The van der Waals surface area contributed by atoms with Crippen molar-refractivity contribution in [2.24, 2.45) is 23.2 Å². The van der Waals surface area contributed by atoms with E-state index < -0.39 is 0 Å². The zero-order chi connectivity index (χ0) is 9.64. The van der Waals surface area contributed by atoms with Gasteiger partial charge in [-0.3, -0.25) is 4.79 Å². The fraction of sp³-hybridized carbons (Fsp3) is 0.750. The van der Waals surface area contributed by atoms with Crippen molar-refractivity contribution < 1.29 is 4.79 Å². The van der Waals surface area contributed by atoms with E-state index in [0.29, 0.717) is 17.6 Å². The number of rotatable bonds is 1. The van der Waals surface area contributed by atoms with E-state index in [0.717, 1.165) is 12.3 Å². The fourth-order valence-electron chi connectivity index (χ4n) is 3.06. The summed E-state index contributed by atoms with van der Waals surface area (Å²) in [5, 5.41) is 0. The topological polar surface area (TPSA) is 17.1 Å². The van der Waals surface area contributed by atoms with Crippen LogP contribution in [0, 0.1) is 23.2 Å². The molecule has 0 N–H and O–H groups in total. The maximum Gasteiger partial charge on any atom is 0.161 e. The number of hydrogen-bond donors (Lipinski definition) is 0. The monoisotopic (exact) mass is 178 g/mol. The molecule has 0 aromatic rings. The number of carbonyl (C=O) groups is 1. The summed E-state index contributed by atoms with van der Waals surface area (Å²) < 4.78 is 0. The predicted molar refractivity (Wildman–Crippen MR) is 53.3 cm³/mol. The molecule has 0 spiro atoms. The highest BCUT2D eigenvalue weighted by atomic mass is 16.1. The Morgan fingerprint density at radius 2 is 2.23 bits per heavy atom. The van der Waals surface area contributed by atoms with Crippen LogP contribution in [0.1, 0.15) is 33.6 Å². The summed E-state index contributed by atoms with van der Waals surface area (Å²) in [6.07, 6.45) is 6.28. The van der Waals surface area contributed by atoms with Crippen LogP contribution in [0.5, 0.6) is 0 Å². The van der Waals surface area contributed by atoms with Gasteiger partial charge in [-0.15, -0.1) is 0 Å². The third-order valence-corrected chi connectivity index (χ3v) is 4.07. The van der Waals surface area contributed by atoms with Crippen LogP contribution >= 0.6 is 0 Å². The van der Waals surface area contributed by atoms with Crippen LogP contribution in [0.15, 0.2) is 12.2 Å². The molecule has 0 heterocycles. The van der Waals surface area contributed by atoms with E-state index in [-0.39, 0.29) is 5.41 Å². The summed E-state index contributed by atoms with van der Waals surface area (Å²) in [6.45, 7) is 6.68. The third kappa shape index (κ3) is 1.09. The van der Waals surface area contributed by atoms with Crippen LogP contribution in [0.3, 0.4) is 0 Å². The van der Waals surface area contributed by atoms with E-state index in [2.05, 4.69) is 26.8 Å². The molecule has 3 unspecified atom stereocenters. The first kappa shape index (κ1) is 8.98. The van der Waals surface area contributed by atoms with Gasteiger partial charge in [0.1, 0.15) is 0 Å². The average molecular weight is 178 g/mol.